The first-order valence-electron chi connectivity index (χ1n) is 16.3. The molecule has 3 N–H and O–H groups in total. The van der Waals surface area contributed by atoms with Crippen LogP contribution >= 0.6 is 0 Å². The van der Waals surface area contributed by atoms with Gasteiger partial charge in [0, 0.05) is 0 Å². The second-order valence-corrected chi connectivity index (χ2v) is 14.6. The number of alkyl carbamates (subject to hydrolysis) is 1. The Labute approximate surface area is 284 Å². The zero-order valence-corrected chi connectivity index (χ0v) is 29.2. The van der Waals surface area contributed by atoms with Gasteiger partial charge in [-0.3, -0.25) is 0 Å². The Kier molecular flexibility index (Phi) is 11.6. The van der Waals surface area contributed by atoms with E-state index in [-0.39, 0.29) is 17.8 Å². The number of hydrogen-bond donors (Lipinski definition) is 3. The van der Waals surface area contributed by atoms with Crippen molar-refractivity contribution >= 4 is 12.2 Å². The lowest BCUT2D eigenvalue weighted by molar-refractivity contribution is -0.150. The number of ether oxygens (including phenoxy) is 5. The molecule has 1 fully saturated rings. The van der Waals surface area contributed by atoms with Crippen molar-refractivity contribution in [3.8, 4) is 11.5 Å². The van der Waals surface area contributed by atoms with Crippen LogP contribution in [-0.4, -0.2) is 58.6 Å². The van der Waals surface area contributed by atoms with E-state index in [0.717, 1.165) is 22.4 Å². The van der Waals surface area contributed by atoms with Gasteiger partial charge in [0.15, 0.2) is 5.79 Å². The number of rotatable bonds is 12. The molecule has 4 rings (SSSR count). The first-order chi connectivity index (χ1) is 22.4. The van der Waals surface area contributed by atoms with Crippen LogP contribution in [0.2, 0.25) is 0 Å². The molecular weight excluding hydrogens is 612 g/mol. The third-order valence-corrected chi connectivity index (χ3v) is 7.39. The van der Waals surface area contributed by atoms with Gasteiger partial charge in [-0.2, -0.15) is 0 Å². The first kappa shape index (κ1) is 36.6. The number of amides is 2. The highest BCUT2D eigenvalue weighted by atomic mass is 16.8. The third kappa shape index (κ3) is 11.8. The number of benzene rings is 3. The molecule has 1 aliphatic rings. The summed E-state index contributed by atoms with van der Waals surface area (Å²) in [7, 11) is 0. The van der Waals surface area contributed by atoms with Gasteiger partial charge in [0.25, 0.3) is 0 Å². The average molecular weight is 663 g/mol. The van der Waals surface area contributed by atoms with E-state index < -0.39 is 42.3 Å². The molecule has 0 aliphatic carbocycles. The van der Waals surface area contributed by atoms with Crippen LogP contribution in [0.1, 0.15) is 72.1 Å². The standard InChI is InChI=1S/C38H50N2O8/c1-36(2,3)45-28-18-14-25(15-19-28)22-30(39-34(41)42)32-33(48-38(7,8)47-32)31(40-35(43)44-24-27-12-10-9-11-13-27)23-26-16-20-29(21-17-26)46-37(4,5)6/h9-21,30-33,39H,22-24H2,1-8H3,(H,40,43)(H,41,42). The van der Waals surface area contributed by atoms with Crippen LogP contribution in [0.5, 0.6) is 11.5 Å². The topological polar surface area (TPSA) is 125 Å². The Balaban J connectivity index is 1.61. The highest BCUT2D eigenvalue weighted by Crippen LogP contribution is 2.34. The summed E-state index contributed by atoms with van der Waals surface area (Å²) in [6.45, 7) is 15.5. The Morgan fingerprint density at radius 1 is 0.708 bits per heavy atom. The fourth-order valence-electron chi connectivity index (χ4n) is 5.62. The van der Waals surface area contributed by atoms with Gasteiger partial charge in [0.05, 0.1) is 12.1 Å². The highest BCUT2D eigenvalue weighted by molar-refractivity contribution is 5.68. The highest BCUT2D eigenvalue weighted by Gasteiger charge is 2.49. The summed E-state index contributed by atoms with van der Waals surface area (Å²) in [5.74, 6) is 0.379. The van der Waals surface area contributed by atoms with E-state index in [1.807, 2.05) is 120 Å². The van der Waals surface area contributed by atoms with Crippen LogP contribution in [-0.2, 0) is 33.7 Å². The summed E-state index contributed by atoms with van der Waals surface area (Å²) in [5, 5.41) is 15.6. The summed E-state index contributed by atoms with van der Waals surface area (Å²) in [5.41, 5.74) is 1.93. The molecule has 4 unspecified atom stereocenters. The van der Waals surface area contributed by atoms with E-state index in [1.54, 1.807) is 13.8 Å². The lowest BCUT2D eigenvalue weighted by atomic mass is 9.91. The molecule has 0 radical (unpaired) electrons. The van der Waals surface area contributed by atoms with Crippen molar-refractivity contribution in [2.75, 3.05) is 0 Å². The molecule has 0 spiro atoms. The van der Waals surface area contributed by atoms with E-state index in [2.05, 4.69) is 10.6 Å². The molecule has 0 bridgehead atoms. The lowest BCUT2D eigenvalue weighted by Gasteiger charge is -2.32. The van der Waals surface area contributed by atoms with Crippen LogP contribution in [0.15, 0.2) is 78.9 Å². The Bertz CT molecular complexity index is 1480. The summed E-state index contributed by atoms with van der Waals surface area (Å²) >= 11 is 0. The summed E-state index contributed by atoms with van der Waals surface area (Å²) < 4.78 is 30.4. The molecule has 0 aromatic heterocycles. The van der Waals surface area contributed by atoms with E-state index in [4.69, 9.17) is 23.7 Å². The van der Waals surface area contributed by atoms with Gasteiger partial charge >= 0.3 is 12.2 Å². The van der Waals surface area contributed by atoms with Crippen molar-refractivity contribution in [1.82, 2.24) is 10.6 Å². The predicted molar refractivity (Wildman–Crippen MR) is 183 cm³/mol. The van der Waals surface area contributed by atoms with Crippen molar-refractivity contribution in [1.29, 1.82) is 0 Å². The summed E-state index contributed by atoms with van der Waals surface area (Å²) in [4.78, 5) is 25.3. The van der Waals surface area contributed by atoms with Crippen molar-refractivity contribution in [2.45, 2.75) is 116 Å². The monoisotopic (exact) mass is 662 g/mol. The molecule has 48 heavy (non-hydrogen) atoms. The number of hydrogen-bond acceptors (Lipinski definition) is 7. The van der Waals surface area contributed by atoms with E-state index in [9.17, 15) is 14.7 Å². The number of carboxylic acid groups (broad SMARTS) is 1. The minimum absolute atomic E-state index is 0.0906. The molecule has 1 aliphatic heterocycles. The zero-order valence-electron chi connectivity index (χ0n) is 29.2. The molecule has 10 heteroatoms. The van der Waals surface area contributed by atoms with Gasteiger partial charge in [0.2, 0.25) is 0 Å². The van der Waals surface area contributed by atoms with Crippen molar-refractivity contribution in [2.24, 2.45) is 0 Å². The van der Waals surface area contributed by atoms with Crippen molar-refractivity contribution in [3.05, 3.63) is 95.6 Å². The second-order valence-electron chi connectivity index (χ2n) is 14.6. The van der Waals surface area contributed by atoms with Gasteiger partial charge in [-0.25, -0.2) is 9.59 Å². The van der Waals surface area contributed by atoms with Gasteiger partial charge in [-0.15, -0.1) is 0 Å². The fraction of sp³-hybridized carbons (Fsp3) is 0.474. The summed E-state index contributed by atoms with van der Waals surface area (Å²) in [6.07, 6.45) is -2.65. The molecular formula is C38H50N2O8. The van der Waals surface area contributed by atoms with Gasteiger partial charge in [-0.05, 0) is 109 Å². The number of nitrogens with one attached hydrogen (secondary N) is 2. The Morgan fingerprint density at radius 3 is 1.56 bits per heavy atom. The van der Waals surface area contributed by atoms with E-state index in [1.165, 1.54) is 0 Å². The maximum absolute atomic E-state index is 13.3. The minimum atomic E-state index is -1.19. The summed E-state index contributed by atoms with van der Waals surface area (Å²) in [6, 6.07) is 23.3. The third-order valence-electron chi connectivity index (χ3n) is 7.39. The second kappa shape index (κ2) is 15.3. The van der Waals surface area contributed by atoms with Crippen molar-refractivity contribution < 1.29 is 38.4 Å². The van der Waals surface area contributed by atoms with Gasteiger partial charge < -0.3 is 39.4 Å². The maximum Gasteiger partial charge on any atom is 0.407 e. The Morgan fingerprint density at radius 2 is 1.15 bits per heavy atom. The molecule has 260 valence electrons. The van der Waals surface area contributed by atoms with Crippen LogP contribution in [0.3, 0.4) is 0 Å². The lowest BCUT2D eigenvalue weighted by Crippen LogP contribution is -2.56. The SMILES string of the molecule is CC(C)(C)Oc1ccc(CC(NC(=O)O)C2OC(C)(C)OC2C(Cc2ccc(OC(C)(C)C)cc2)NC(=O)OCc2ccccc2)cc1. The number of carbonyl (C=O) groups is 2. The minimum Gasteiger partial charge on any atom is -0.488 e. The molecule has 2 amide bonds. The van der Waals surface area contributed by atoms with E-state index in [0.29, 0.717) is 18.6 Å². The molecule has 3 aromatic carbocycles. The molecule has 10 nitrogen and oxygen atoms in total. The molecule has 3 aromatic rings. The van der Waals surface area contributed by atoms with Crippen LogP contribution < -0.4 is 20.1 Å². The zero-order chi connectivity index (χ0) is 35.1. The number of carbonyl (C=O) groups excluding carboxylic acids is 1. The first-order valence-corrected chi connectivity index (χ1v) is 16.3. The quantitative estimate of drug-likeness (QED) is 0.185. The molecule has 0 saturated carbocycles. The van der Waals surface area contributed by atoms with Gasteiger partial charge in [-0.1, -0.05) is 54.6 Å². The average Bonchev–Trinajstić information content (AvgIpc) is 3.31. The molecule has 1 heterocycles. The maximum atomic E-state index is 13.3. The van der Waals surface area contributed by atoms with Crippen LogP contribution in [0, 0.1) is 0 Å². The Hall–Kier alpha value is -4.28. The fourth-order valence-corrected chi connectivity index (χ4v) is 5.62. The van der Waals surface area contributed by atoms with Crippen LogP contribution in [0.4, 0.5) is 9.59 Å². The van der Waals surface area contributed by atoms with Crippen LogP contribution in [0.25, 0.3) is 0 Å². The smallest absolute Gasteiger partial charge is 0.407 e. The molecule has 1 saturated heterocycles. The molecule has 4 atom stereocenters. The van der Waals surface area contributed by atoms with Gasteiger partial charge in [0.1, 0.15) is 41.5 Å². The predicted octanol–water partition coefficient (Wildman–Crippen LogP) is 7.28. The van der Waals surface area contributed by atoms with Crippen molar-refractivity contribution in [3.63, 3.8) is 0 Å². The normalized spacial score (nSPS) is 18.8. The van der Waals surface area contributed by atoms with E-state index >= 15 is 0 Å². The largest absolute Gasteiger partial charge is 0.488 e.